The number of aromatic nitrogens is 2. The highest BCUT2D eigenvalue weighted by atomic mass is 16.7. The maximum atomic E-state index is 12.9. The molecule has 0 amide bonds. The minimum atomic E-state index is -0.699. The number of hydroxylamine groups is 4. The Bertz CT molecular complexity index is 2170. The Balaban J connectivity index is 1.12. The minimum Gasteiger partial charge on any atom is -0.494 e. The van der Waals surface area contributed by atoms with Gasteiger partial charge in [0.05, 0.1) is 44.7 Å². The molecule has 2 aliphatic heterocycles. The van der Waals surface area contributed by atoms with Crippen molar-refractivity contribution in [2.75, 3.05) is 0 Å². The number of benzene rings is 3. The smallest absolute Gasteiger partial charge is 0.338 e. The normalized spacial score (nSPS) is 19.1. The second-order valence-electron chi connectivity index (χ2n) is 18.2. The van der Waals surface area contributed by atoms with Gasteiger partial charge in [0.15, 0.2) is 0 Å². The van der Waals surface area contributed by atoms with Crippen LogP contribution < -0.4 is 9.68 Å². The molecule has 0 spiro atoms. The van der Waals surface area contributed by atoms with Gasteiger partial charge in [0, 0.05) is 37.8 Å². The summed E-state index contributed by atoms with van der Waals surface area (Å²) in [4.78, 5) is 38.7. The van der Waals surface area contributed by atoms with Crippen LogP contribution in [-0.4, -0.2) is 86.0 Å². The molecule has 0 bridgehead atoms. The van der Waals surface area contributed by atoms with E-state index in [0.717, 1.165) is 9.13 Å². The molecule has 2 aromatic heterocycles. The van der Waals surface area contributed by atoms with Crippen LogP contribution in [0.25, 0.3) is 11.4 Å². The molecule has 3 aromatic carbocycles. The van der Waals surface area contributed by atoms with E-state index in [2.05, 4.69) is 0 Å². The third kappa shape index (κ3) is 8.09. The number of rotatable bonds is 10. The predicted molar refractivity (Wildman–Crippen MR) is 223 cm³/mol. The fourth-order valence-electron chi connectivity index (χ4n) is 9.17. The number of carbonyl (C=O) groups is 2. The number of hydrogen-bond acceptors (Lipinski definition) is 12. The van der Waals surface area contributed by atoms with Crippen LogP contribution >= 0.6 is 0 Å². The van der Waals surface area contributed by atoms with Crippen molar-refractivity contribution in [3.05, 3.63) is 108 Å². The van der Waals surface area contributed by atoms with Gasteiger partial charge >= 0.3 is 11.9 Å². The van der Waals surface area contributed by atoms with E-state index >= 15 is 0 Å². The maximum absolute atomic E-state index is 12.9. The van der Waals surface area contributed by atoms with Crippen LogP contribution in [-0.2, 0) is 9.47 Å². The van der Waals surface area contributed by atoms with E-state index in [1.807, 2.05) is 67.5 Å². The number of aromatic hydroxyl groups is 4. The standard InChI is InChI=1S/C46H54N4O10/c1-43(2)25-31(57-41(55)29-17-11-9-12-18-29)26-44(3,4)49(43)59-35-23-37(51)47(39(35)53)33-21-15-16-22-34(33)48-38(52)24-36(40(48)54)60-50-45(5,6)27-32(28-46(50,7)8)58-42(56)30-19-13-10-14-20-30/h9-24,31-32,51-54H,25-28H2,1-8H3. The summed E-state index contributed by atoms with van der Waals surface area (Å²) in [6.07, 6.45) is 0.883. The first kappa shape index (κ1) is 42.0. The molecule has 2 fully saturated rings. The Morgan fingerprint density at radius 3 is 1.12 bits per heavy atom. The lowest BCUT2D eigenvalue weighted by molar-refractivity contribution is -0.234. The fourth-order valence-corrected chi connectivity index (χ4v) is 9.17. The van der Waals surface area contributed by atoms with Gasteiger partial charge in [-0.1, -0.05) is 48.5 Å². The lowest BCUT2D eigenvalue weighted by Gasteiger charge is -2.52. The van der Waals surface area contributed by atoms with Gasteiger partial charge in [-0.15, -0.1) is 10.1 Å². The zero-order valence-electron chi connectivity index (χ0n) is 35.2. The lowest BCUT2D eigenvalue weighted by Crippen LogP contribution is -2.63. The van der Waals surface area contributed by atoms with Crippen molar-refractivity contribution in [2.24, 2.45) is 0 Å². The number of piperidine rings is 2. The molecule has 60 heavy (non-hydrogen) atoms. The van der Waals surface area contributed by atoms with Crippen LogP contribution in [0.1, 0.15) is 102 Å². The Hall–Kier alpha value is -6.12. The van der Waals surface area contributed by atoms with Gasteiger partial charge < -0.3 is 39.6 Å². The topological polar surface area (TPSA) is 168 Å². The summed E-state index contributed by atoms with van der Waals surface area (Å²) in [6, 6.07) is 26.8. The molecular formula is C46H54N4O10. The Labute approximate surface area is 349 Å². The van der Waals surface area contributed by atoms with E-state index < -0.39 is 58.1 Å². The molecule has 4 N–H and O–H groups in total. The average Bonchev–Trinajstić information content (AvgIpc) is 3.62. The quantitative estimate of drug-likeness (QED) is 0.0994. The number of nitrogens with zero attached hydrogens (tertiary/aromatic N) is 4. The largest absolute Gasteiger partial charge is 0.494 e. The number of esters is 2. The first-order valence-electron chi connectivity index (χ1n) is 20.0. The molecular weight excluding hydrogens is 769 g/mol. The highest BCUT2D eigenvalue weighted by Crippen LogP contribution is 2.48. The molecule has 0 radical (unpaired) electrons. The van der Waals surface area contributed by atoms with Crippen LogP contribution in [0.4, 0.5) is 0 Å². The number of carbonyl (C=O) groups excluding carboxylic acids is 2. The monoisotopic (exact) mass is 822 g/mol. The third-order valence-corrected chi connectivity index (χ3v) is 11.3. The molecule has 318 valence electrons. The molecule has 0 saturated carbocycles. The van der Waals surface area contributed by atoms with E-state index in [1.165, 1.54) is 12.1 Å². The first-order chi connectivity index (χ1) is 28.2. The average molecular weight is 823 g/mol. The summed E-state index contributed by atoms with van der Waals surface area (Å²) in [5.41, 5.74) is -1.47. The summed E-state index contributed by atoms with van der Waals surface area (Å²) in [7, 11) is 0. The van der Waals surface area contributed by atoms with Gasteiger partial charge in [0.2, 0.25) is 35.0 Å². The van der Waals surface area contributed by atoms with E-state index in [0.29, 0.717) is 36.8 Å². The third-order valence-electron chi connectivity index (χ3n) is 11.3. The van der Waals surface area contributed by atoms with Gasteiger partial charge in [-0.25, -0.2) is 18.7 Å². The summed E-state index contributed by atoms with van der Waals surface area (Å²) >= 11 is 0. The van der Waals surface area contributed by atoms with Crippen LogP contribution in [0.3, 0.4) is 0 Å². The fraction of sp³-hybridized carbons (Fsp3) is 0.391. The van der Waals surface area contributed by atoms with Crippen molar-refractivity contribution >= 4 is 11.9 Å². The van der Waals surface area contributed by atoms with Gasteiger partial charge in [-0.05, 0) is 91.8 Å². The van der Waals surface area contributed by atoms with Crippen molar-refractivity contribution < 1.29 is 49.2 Å². The number of hydrogen-bond donors (Lipinski definition) is 4. The van der Waals surface area contributed by atoms with E-state index in [1.54, 1.807) is 82.9 Å². The van der Waals surface area contributed by atoms with Crippen molar-refractivity contribution in [3.63, 3.8) is 0 Å². The molecule has 5 aromatic rings. The molecule has 0 atom stereocenters. The second kappa shape index (κ2) is 15.5. The number of para-hydroxylation sites is 2. The second-order valence-corrected chi connectivity index (χ2v) is 18.2. The van der Waals surface area contributed by atoms with Crippen molar-refractivity contribution in [2.45, 2.75) is 115 Å². The van der Waals surface area contributed by atoms with Gasteiger partial charge in [0.1, 0.15) is 12.2 Å². The van der Waals surface area contributed by atoms with E-state index in [9.17, 15) is 30.0 Å². The Morgan fingerprint density at radius 2 is 0.800 bits per heavy atom. The SMILES string of the molecule is CC1(C)CC(OC(=O)c2ccccc2)CC(C)(C)N1Oc1cc(O)n(-c2ccccc2-n2c(O)cc(ON3C(C)(C)CC(OC(=O)c4ccccc4)CC3(C)C)c2O)c1O. The molecule has 0 aliphatic carbocycles. The summed E-state index contributed by atoms with van der Waals surface area (Å²) in [5.74, 6) is -2.54. The molecule has 14 nitrogen and oxygen atoms in total. The van der Waals surface area contributed by atoms with Gasteiger partial charge in [0.25, 0.3) is 0 Å². The van der Waals surface area contributed by atoms with Gasteiger partial charge in [-0.3, -0.25) is 0 Å². The zero-order valence-corrected chi connectivity index (χ0v) is 35.2. The Kier molecular flexibility index (Phi) is 10.8. The summed E-state index contributed by atoms with van der Waals surface area (Å²) in [5, 5.41) is 49.6. The van der Waals surface area contributed by atoms with Crippen molar-refractivity contribution in [1.29, 1.82) is 0 Å². The van der Waals surface area contributed by atoms with Crippen LogP contribution in [0, 0.1) is 0 Å². The molecule has 4 heterocycles. The Morgan fingerprint density at radius 1 is 0.500 bits per heavy atom. The zero-order chi connectivity index (χ0) is 43.4. The van der Waals surface area contributed by atoms with Crippen LogP contribution in [0.2, 0.25) is 0 Å². The molecule has 0 unspecified atom stereocenters. The maximum Gasteiger partial charge on any atom is 0.338 e. The molecule has 2 aliphatic rings. The number of ether oxygens (including phenoxy) is 2. The first-order valence-corrected chi connectivity index (χ1v) is 20.0. The van der Waals surface area contributed by atoms with E-state index in [-0.39, 0.29) is 34.6 Å². The highest BCUT2D eigenvalue weighted by Gasteiger charge is 2.51. The summed E-state index contributed by atoms with van der Waals surface area (Å²) in [6.45, 7) is 15.6. The molecule has 7 rings (SSSR count). The summed E-state index contributed by atoms with van der Waals surface area (Å²) < 4.78 is 14.2. The minimum absolute atomic E-state index is 0.0459. The molecule has 2 saturated heterocycles. The van der Waals surface area contributed by atoms with Crippen LogP contribution in [0.5, 0.6) is 35.0 Å². The lowest BCUT2D eigenvalue weighted by atomic mass is 9.80. The van der Waals surface area contributed by atoms with E-state index in [4.69, 9.17) is 19.1 Å². The van der Waals surface area contributed by atoms with Crippen LogP contribution in [0.15, 0.2) is 97.1 Å². The van der Waals surface area contributed by atoms with Crippen molar-refractivity contribution in [1.82, 2.24) is 19.3 Å². The molecule has 14 heteroatoms. The van der Waals surface area contributed by atoms with Gasteiger partial charge in [-0.2, -0.15) is 0 Å². The van der Waals surface area contributed by atoms with Crippen molar-refractivity contribution in [3.8, 4) is 46.4 Å². The highest BCUT2D eigenvalue weighted by molar-refractivity contribution is 5.90. The predicted octanol–water partition coefficient (Wildman–Crippen LogP) is 8.44.